The summed E-state index contributed by atoms with van der Waals surface area (Å²) in [5, 5.41) is 9.93. The van der Waals surface area contributed by atoms with Gasteiger partial charge in [0.05, 0.1) is 18.3 Å². The zero-order valence-corrected chi connectivity index (χ0v) is 14.8. The number of phenols is 1. The monoisotopic (exact) mass is 326 g/mol. The van der Waals surface area contributed by atoms with Crippen LogP contribution in [0.4, 0.5) is 0 Å². The molecule has 0 atom stereocenters. The van der Waals surface area contributed by atoms with E-state index in [-0.39, 0.29) is 24.1 Å². The van der Waals surface area contributed by atoms with Crippen LogP contribution in [0.15, 0.2) is 42.5 Å². The van der Waals surface area contributed by atoms with Crippen molar-refractivity contribution in [3.8, 4) is 22.6 Å². The van der Waals surface area contributed by atoms with Crippen LogP contribution in [-0.4, -0.2) is 30.5 Å². The number of ether oxygens (including phenoxy) is 1. The first kappa shape index (κ1) is 16.9. The lowest BCUT2D eigenvalue weighted by atomic mass is 9.78. The number of phenolic OH excluding ortho intramolecular Hbond substituents is 1. The molecule has 0 bridgehead atoms. The van der Waals surface area contributed by atoms with E-state index in [9.17, 15) is 5.11 Å². The molecule has 0 aromatic heterocycles. The van der Waals surface area contributed by atoms with E-state index in [2.05, 4.69) is 0 Å². The first-order valence-electron chi connectivity index (χ1n) is 8.06. The molecule has 2 aromatic carbocycles. The molecule has 1 fully saturated rings. The molecule has 1 saturated heterocycles. The Labute approximate surface area is 143 Å². The number of aromatic hydroxyl groups is 1. The van der Waals surface area contributed by atoms with Crippen molar-refractivity contribution in [3.63, 3.8) is 0 Å². The number of rotatable bonds is 3. The average molecular weight is 326 g/mol. The molecule has 0 spiro atoms. The standard InChI is InChI=1S/C19H23BO4/c1-18(2)19(3,4)24-20(23-18)15-9-6-13(7-10-15)14-8-11-17(22-5)16(21)12-14/h6-12,21H,1-5H3. The Hall–Kier alpha value is -1.98. The zero-order valence-electron chi connectivity index (χ0n) is 14.8. The van der Waals surface area contributed by atoms with Gasteiger partial charge in [0.2, 0.25) is 0 Å². The van der Waals surface area contributed by atoms with Gasteiger partial charge in [-0.3, -0.25) is 0 Å². The summed E-state index contributed by atoms with van der Waals surface area (Å²) in [5.41, 5.74) is 2.22. The van der Waals surface area contributed by atoms with Gasteiger partial charge in [0.15, 0.2) is 11.5 Å². The molecular weight excluding hydrogens is 303 g/mol. The van der Waals surface area contributed by atoms with E-state index in [1.54, 1.807) is 12.1 Å². The molecule has 4 nitrogen and oxygen atoms in total. The Balaban J connectivity index is 1.83. The molecule has 24 heavy (non-hydrogen) atoms. The highest BCUT2D eigenvalue weighted by atomic mass is 16.7. The fraction of sp³-hybridized carbons (Fsp3) is 0.368. The summed E-state index contributed by atoms with van der Waals surface area (Å²) in [6.07, 6.45) is 0. The normalized spacial score (nSPS) is 18.6. The average Bonchev–Trinajstić information content (AvgIpc) is 2.75. The Kier molecular flexibility index (Phi) is 4.10. The third-order valence-electron chi connectivity index (χ3n) is 4.95. The first-order chi connectivity index (χ1) is 11.2. The van der Waals surface area contributed by atoms with Crippen LogP contribution in [-0.2, 0) is 9.31 Å². The van der Waals surface area contributed by atoms with Crippen LogP contribution in [0.2, 0.25) is 0 Å². The van der Waals surface area contributed by atoms with Gasteiger partial charge in [-0.25, -0.2) is 0 Å². The molecule has 0 radical (unpaired) electrons. The van der Waals surface area contributed by atoms with Crippen LogP contribution < -0.4 is 10.2 Å². The first-order valence-corrected chi connectivity index (χ1v) is 8.06. The third-order valence-corrected chi connectivity index (χ3v) is 4.95. The largest absolute Gasteiger partial charge is 0.504 e. The molecule has 2 aromatic rings. The van der Waals surface area contributed by atoms with Gasteiger partial charge >= 0.3 is 7.12 Å². The van der Waals surface area contributed by atoms with E-state index in [1.807, 2.05) is 58.0 Å². The summed E-state index contributed by atoms with van der Waals surface area (Å²) in [6, 6.07) is 13.4. The molecular formula is C19H23BO4. The maximum atomic E-state index is 9.93. The Morgan fingerprint density at radius 1 is 0.875 bits per heavy atom. The van der Waals surface area contributed by atoms with E-state index in [4.69, 9.17) is 14.0 Å². The van der Waals surface area contributed by atoms with Gasteiger partial charge in [0.25, 0.3) is 0 Å². The van der Waals surface area contributed by atoms with Crippen LogP contribution in [0.25, 0.3) is 11.1 Å². The lowest BCUT2D eigenvalue weighted by Gasteiger charge is -2.32. The minimum absolute atomic E-state index is 0.130. The predicted octanol–water partition coefficient (Wildman–Crippen LogP) is 3.37. The number of benzene rings is 2. The quantitative estimate of drug-likeness (QED) is 0.879. The fourth-order valence-corrected chi connectivity index (χ4v) is 2.68. The van der Waals surface area contributed by atoms with Crippen molar-refractivity contribution < 1.29 is 19.2 Å². The van der Waals surface area contributed by atoms with Crippen LogP contribution in [0.5, 0.6) is 11.5 Å². The van der Waals surface area contributed by atoms with Gasteiger partial charge in [-0.2, -0.15) is 0 Å². The molecule has 126 valence electrons. The summed E-state index contributed by atoms with van der Waals surface area (Å²) >= 11 is 0. The smallest absolute Gasteiger partial charge is 0.494 e. The van der Waals surface area contributed by atoms with Gasteiger partial charge in [-0.05, 0) is 56.4 Å². The SMILES string of the molecule is COc1ccc(-c2ccc(B3OC(C)(C)C(C)(C)O3)cc2)cc1O. The number of hydrogen-bond acceptors (Lipinski definition) is 4. The molecule has 5 heteroatoms. The van der Waals surface area contributed by atoms with E-state index >= 15 is 0 Å². The molecule has 0 amide bonds. The van der Waals surface area contributed by atoms with Crippen molar-refractivity contribution in [1.82, 2.24) is 0 Å². The van der Waals surface area contributed by atoms with E-state index in [0.717, 1.165) is 16.6 Å². The highest BCUT2D eigenvalue weighted by Gasteiger charge is 2.51. The van der Waals surface area contributed by atoms with Crippen molar-refractivity contribution in [1.29, 1.82) is 0 Å². The highest BCUT2D eigenvalue weighted by Crippen LogP contribution is 2.36. The molecule has 0 unspecified atom stereocenters. The van der Waals surface area contributed by atoms with Gasteiger partial charge in [-0.15, -0.1) is 0 Å². The Bertz CT molecular complexity index is 722. The molecule has 3 rings (SSSR count). The predicted molar refractivity (Wildman–Crippen MR) is 95.8 cm³/mol. The van der Waals surface area contributed by atoms with Gasteiger partial charge < -0.3 is 19.2 Å². The molecule has 0 aliphatic carbocycles. The second-order valence-corrected chi connectivity index (χ2v) is 7.10. The van der Waals surface area contributed by atoms with Gasteiger partial charge in [0.1, 0.15) is 0 Å². The molecule has 1 aliphatic heterocycles. The molecule has 1 N–H and O–H groups in total. The minimum Gasteiger partial charge on any atom is -0.504 e. The van der Waals surface area contributed by atoms with Crippen molar-refractivity contribution in [2.24, 2.45) is 0 Å². The summed E-state index contributed by atoms with van der Waals surface area (Å²) in [7, 11) is 1.17. The number of methoxy groups -OCH3 is 1. The van der Waals surface area contributed by atoms with Crippen molar-refractivity contribution in [3.05, 3.63) is 42.5 Å². The van der Waals surface area contributed by atoms with Crippen LogP contribution >= 0.6 is 0 Å². The fourth-order valence-electron chi connectivity index (χ4n) is 2.68. The van der Waals surface area contributed by atoms with E-state index in [0.29, 0.717) is 5.75 Å². The second kappa shape index (κ2) is 5.83. The van der Waals surface area contributed by atoms with Crippen LogP contribution in [0.3, 0.4) is 0 Å². The van der Waals surface area contributed by atoms with Gasteiger partial charge in [-0.1, -0.05) is 30.3 Å². The molecule has 1 aliphatic rings. The summed E-state index contributed by atoms with van der Waals surface area (Å²) in [6.45, 7) is 8.17. The van der Waals surface area contributed by atoms with Crippen molar-refractivity contribution in [2.75, 3.05) is 7.11 Å². The highest BCUT2D eigenvalue weighted by molar-refractivity contribution is 6.62. The lowest BCUT2D eigenvalue weighted by molar-refractivity contribution is 0.00578. The summed E-state index contributed by atoms with van der Waals surface area (Å²) in [5.74, 6) is 0.595. The topological polar surface area (TPSA) is 47.9 Å². The zero-order chi connectivity index (χ0) is 17.5. The molecule has 1 heterocycles. The Morgan fingerprint density at radius 2 is 1.42 bits per heavy atom. The number of hydrogen-bond donors (Lipinski definition) is 1. The van der Waals surface area contributed by atoms with Crippen molar-refractivity contribution >= 4 is 12.6 Å². The lowest BCUT2D eigenvalue weighted by Crippen LogP contribution is -2.41. The molecule has 0 saturated carbocycles. The maximum absolute atomic E-state index is 9.93. The van der Waals surface area contributed by atoms with Crippen LogP contribution in [0.1, 0.15) is 27.7 Å². The summed E-state index contributed by atoms with van der Waals surface area (Å²) < 4.78 is 17.2. The summed E-state index contributed by atoms with van der Waals surface area (Å²) in [4.78, 5) is 0. The van der Waals surface area contributed by atoms with Crippen molar-refractivity contribution in [2.45, 2.75) is 38.9 Å². The maximum Gasteiger partial charge on any atom is 0.494 e. The van der Waals surface area contributed by atoms with E-state index in [1.165, 1.54) is 7.11 Å². The Morgan fingerprint density at radius 3 is 1.92 bits per heavy atom. The minimum atomic E-state index is -0.367. The van der Waals surface area contributed by atoms with Crippen LogP contribution in [0, 0.1) is 0 Å². The third kappa shape index (κ3) is 2.90. The van der Waals surface area contributed by atoms with E-state index < -0.39 is 0 Å². The second-order valence-electron chi connectivity index (χ2n) is 7.10. The van der Waals surface area contributed by atoms with Gasteiger partial charge in [0, 0.05) is 0 Å².